The van der Waals surface area contributed by atoms with Crippen molar-refractivity contribution in [3.8, 4) is 17.0 Å². The Bertz CT molecular complexity index is 1050. The maximum absolute atomic E-state index is 12.9. The summed E-state index contributed by atoms with van der Waals surface area (Å²) < 4.78 is 46.4. The summed E-state index contributed by atoms with van der Waals surface area (Å²) in [6, 6.07) is 1.84. The van der Waals surface area contributed by atoms with Gasteiger partial charge in [-0.25, -0.2) is 9.97 Å². The highest BCUT2D eigenvalue weighted by molar-refractivity contribution is 5.77. The van der Waals surface area contributed by atoms with Gasteiger partial charge in [0.15, 0.2) is 5.65 Å². The van der Waals surface area contributed by atoms with Crippen LogP contribution >= 0.6 is 0 Å². The van der Waals surface area contributed by atoms with Gasteiger partial charge in [-0.2, -0.15) is 18.3 Å². The molecule has 1 aliphatic carbocycles. The molecule has 0 spiro atoms. The summed E-state index contributed by atoms with van der Waals surface area (Å²) in [6.07, 6.45) is 1.17. The molecule has 3 aliphatic rings. The normalized spacial score (nSPS) is 24.4. The number of benzene rings is 1. The van der Waals surface area contributed by atoms with Crippen LogP contribution in [0.25, 0.3) is 22.4 Å². The fourth-order valence-corrected chi connectivity index (χ4v) is 4.09. The van der Waals surface area contributed by atoms with Crippen LogP contribution in [0.4, 0.5) is 13.2 Å². The van der Waals surface area contributed by atoms with E-state index in [1.165, 1.54) is 13.1 Å². The molecule has 1 aromatic carbocycles. The number of phenols is 1. The first-order valence-corrected chi connectivity index (χ1v) is 9.04. The molecule has 3 aromatic rings. The van der Waals surface area contributed by atoms with Crippen molar-refractivity contribution in [2.45, 2.75) is 38.1 Å². The molecule has 1 saturated carbocycles. The second-order valence-electron chi connectivity index (χ2n) is 7.51. The highest BCUT2D eigenvalue weighted by Crippen LogP contribution is 2.44. The number of alkyl halides is 3. The van der Waals surface area contributed by atoms with E-state index in [4.69, 9.17) is 4.74 Å². The number of hydrogen-bond donors (Lipinski definition) is 1. The molecular weight excluding hydrogens is 373 g/mol. The van der Waals surface area contributed by atoms with Crippen LogP contribution in [0.15, 0.2) is 24.5 Å². The number of aromatic hydroxyl groups is 1. The van der Waals surface area contributed by atoms with E-state index in [0.29, 0.717) is 35.9 Å². The van der Waals surface area contributed by atoms with Crippen LogP contribution in [0, 0.1) is 12.8 Å². The Morgan fingerprint density at radius 1 is 1.25 bits per heavy atom. The Morgan fingerprint density at radius 3 is 2.68 bits per heavy atom. The molecule has 1 N–H and O–H groups in total. The average molecular weight is 390 g/mol. The molecule has 146 valence electrons. The van der Waals surface area contributed by atoms with Crippen molar-refractivity contribution in [2.75, 3.05) is 6.61 Å². The molecule has 4 heterocycles. The highest BCUT2D eigenvalue weighted by atomic mass is 19.4. The first-order valence-electron chi connectivity index (χ1n) is 9.04. The van der Waals surface area contributed by atoms with E-state index in [1.54, 1.807) is 0 Å². The minimum absolute atomic E-state index is 0.144. The summed E-state index contributed by atoms with van der Waals surface area (Å²) in [7, 11) is 0. The lowest BCUT2D eigenvalue weighted by Crippen LogP contribution is -2.45. The first kappa shape index (κ1) is 17.4. The van der Waals surface area contributed by atoms with Gasteiger partial charge in [0.25, 0.3) is 0 Å². The summed E-state index contributed by atoms with van der Waals surface area (Å²) in [6.45, 7) is 2.11. The second kappa shape index (κ2) is 5.91. The summed E-state index contributed by atoms with van der Waals surface area (Å²) >= 11 is 0. The zero-order valence-electron chi connectivity index (χ0n) is 14.9. The van der Waals surface area contributed by atoms with Gasteiger partial charge in [-0.1, -0.05) is 0 Å². The van der Waals surface area contributed by atoms with Gasteiger partial charge in [0, 0.05) is 5.56 Å². The fraction of sp³-hybridized carbons (Fsp3) is 0.421. The van der Waals surface area contributed by atoms with Gasteiger partial charge in [-0.05, 0) is 43.4 Å². The van der Waals surface area contributed by atoms with Crippen molar-refractivity contribution in [3.05, 3.63) is 35.7 Å². The molecule has 0 unspecified atom stereocenters. The molecule has 0 amide bonds. The number of aryl methyl sites for hydroxylation is 1. The van der Waals surface area contributed by atoms with Gasteiger partial charge < -0.3 is 9.84 Å². The molecule has 6 nitrogen and oxygen atoms in total. The monoisotopic (exact) mass is 390 g/mol. The number of nitrogens with zero attached hydrogens (tertiary/aromatic N) is 4. The third-order valence-electron chi connectivity index (χ3n) is 5.66. The average Bonchev–Trinajstić information content (AvgIpc) is 3.03. The van der Waals surface area contributed by atoms with Gasteiger partial charge >= 0.3 is 6.18 Å². The minimum atomic E-state index is -4.53. The molecule has 2 aliphatic heterocycles. The number of aromatic nitrogens is 4. The van der Waals surface area contributed by atoms with Gasteiger partial charge in [0.05, 0.1) is 42.4 Å². The molecule has 3 fully saturated rings. The van der Waals surface area contributed by atoms with Crippen molar-refractivity contribution >= 4 is 11.2 Å². The molecule has 6 rings (SSSR count). The molecule has 1 atom stereocenters. The van der Waals surface area contributed by atoms with E-state index in [1.807, 2.05) is 10.9 Å². The van der Waals surface area contributed by atoms with Crippen molar-refractivity contribution in [1.29, 1.82) is 0 Å². The first-order chi connectivity index (χ1) is 13.3. The summed E-state index contributed by atoms with van der Waals surface area (Å²) in [5.41, 5.74) is 0.846. The highest BCUT2D eigenvalue weighted by Gasteiger charge is 2.42. The van der Waals surface area contributed by atoms with Crippen LogP contribution in [-0.2, 0) is 10.9 Å². The fourth-order valence-electron chi connectivity index (χ4n) is 4.09. The SMILES string of the molecule is Cc1cc(C(F)(F)F)cc(O)c1-c1cnc2cn([C@@H]3COC4CC3C4)nc2n1. The molecular formula is C19H17F3N4O2. The Kier molecular flexibility index (Phi) is 3.67. The smallest absolute Gasteiger partial charge is 0.416 e. The van der Waals surface area contributed by atoms with Gasteiger partial charge in [-0.15, -0.1) is 0 Å². The Hall–Kier alpha value is -2.68. The number of halogens is 3. The van der Waals surface area contributed by atoms with E-state index in [0.717, 1.165) is 18.9 Å². The minimum Gasteiger partial charge on any atom is -0.507 e. The maximum atomic E-state index is 12.9. The lowest BCUT2D eigenvalue weighted by molar-refractivity contribution is -0.137. The van der Waals surface area contributed by atoms with Crippen LogP contribution in [-0.4, -0.2) is 37.6 Å². The molecule has 0 radical (unpaired) electrons. The van der Waals surface area contributed by atoms with Crippen LogP contribution in [0.5, 0.6) is 5.75 Å². The van der Waals surface area contributed by atoms with Gasteiger partial charge in [0.1, 0.15) is 11.3 Å². The molecule has 2 saturated heterocycles. The van der Waals surface area contributed by atoms with E-state index in [9.17, 15) is 18.3 Å². The zero-order valence-corrected chi connectivity index (χ0v) is 14.9. The van der Waals surface area contributed by atoms with Gasteiger partial charge in [0.2, 0.25) is 0 Å². The van der Waals surface area contributed by atoms with Crippen molar-refractivity contribution < 1.29 is 23.0 Å². The quantitative estimate of drug-likeness (QED) is 0.719. The Balaban J connectivity index is 1.53. The van der Waals surface area contributed by atoms with Crippen LogP contribution in [0.2, 0.25) is 0 Å². The molecule has 2 bridgehead atoms. The lowest BCUT2D eigenvalue weighted by atomic mass is 9.75. The number of phenolic OH excluding ortho intramolecular Hbond substituents is 1. The van der Waals surface area contributed by atoms with Gasteiger partial charge in [-0.3, -0.25) is 4.68 Å². The van der Waals surface area contributed by atoms with Crippen molar-refractivity contribution in [3.63, 3.8) is 0 Å². The third-order valence-corrected chi connectivity index (χ3v) is 5.66. The zero-order chi connectivity index (χ0) is 19.6. The maximum Gasteiger partial charge on any atom is 0.416 e. The predicted molar refractivity (Wildman–Crippen MR) is 93.7 cm³/mol. The third kappa shape index (κ3) is 2.72. The molecule has 9 heteroatoms. The van der Waals surface area contributed by atoms with E-state index < -0.39 is 17.5 Å². The summed E-state index contributed by atoms with van der Waals surface area (Å²) in [5.74, 6) is 0.0512. The largest absolute Gasteiger partial charge is 0.507 e. The molecule has 2 aromatic heterocycles. The van der Waals surface area contributed by atoms with E-state index in [2.05, 4.69) is 15.1 Å². The topological polar surface area (TPSA) is 73.1 Å². The summed E-state index contributed by atoms with van der Waals surface area (Å²) in [4.78, 5) is 8.78. The van der Waals surface area contributed by atoms with Crippen LogP contribution in [0.1, 0.15) is 30.0 Å². The molecule has 28 heavy (non-hydrogen) atoms. The Labute approximate surface area is 158 Å². The number of ether oxygens (including phenoxy) is 1. The van der Waals surface area contributed by atoms with Crippen molar-refractivity contribution in [1.82, 2.24) is 19.7 Å². The van der Waals surface area contributed by atoms with Crippen LogP contribution < -0.4 is 0 Å². The number of fused-ring (bicyclic) bond motifs is 3. The predicted octanol–water partition coefficient (Wildman–Crippen LogP) is 3.88. The van der Waals surface area contributed by atoms with E-state index >= 15 is 0 Å². The number of hydrogen-bond acceptors (Lipinski definition) is 5. The number of rotatable bonds is 2. The standard InChI is InChI=1S/C19H17F3N4O2/c1-9-2-11(19(20,21)22)5-16(27)17(9)13-6-23-14-7-26(25-18(14)24-13)15-8-28-12-3-10(15)4-12/h2,5-7,10,12,15,27H,3-4,8H2,1H3/t10?,12?,15-/m1/s1. The van der Waals surface area contributed by atoms with Crippen LogP contribution in [0.3, 0.4) is 0 Å². The second-order valence-corrected chi connectivity index (χ2v) is 7.51. The van der Waals surface area contributed by atoms with E-state index in [-0.39, 0.29) is 22.9 Å². The van der Waals surface area contributed by atoms with Crippen molar-refractivity contribution in [2.24, 2.45) is 5.92 Å². The summed E-state index contributed by atoms with van der Waals surface area (Å²) in [5, 5.41) is 14.7. The Morgan fingerprint density at radius 2 is 2.04 bits per heavy atom. The lowest BCUT2D eigenvalue weighted by Gasteiger charge is -2.46.